The summed E-state index contributed by atoms with van der Waals surface area (Å²) in [4.78, 5) is 0.309. The summed E-state index contributed by atoms with van der Waals surface area (Å²) in [5, 5.41) is 5.04. The van der Waals surface area contributed by atoms with Gasteiger partial charge in [-0.05, 0) is 62.9 Å². The molecule has 0 radical (unpaired) electrons. The van der Waals surface area contributed by atoms with Crippen LogP contribution in [0, 0.1) is 19.8 Å². The molecule has 0 atom stereocenters. The van der Waals surface area contributed by atoms with Crippen LogP contribution in [-0.4, -0.2) is 35.6 Å². The molecule has 1 saturated heterocycles. The van der Waals surface area contributed by atoms with Gasteiger partial charge in [-0.2, -0.15) is 9.40 Å². The van der Waals surface area contributed by atoms with Gasteiger partial charge in [0.1, 0.15) is 0 Å². The van der Waals surface area contributed by atoms with Crippen LogP contribution in [0.3, 0.4) is 0 Å². The topological polar surface area (TPSA) is 55.2 Å². The standard InChI is InChI=1S/C17H22ClN3O2S/c1-13-11-14(2)21(19-13)12-15-7-9-20(10-8-15)24(22,23)17-5-3-16(18)4-6-17/h3-6,11,15H,7-10,12H2,1-2H3. The lowest BCUT2D eigenvalue weighted by Gasteiger charge is -2.31. The molecule has 0 saturated carbocycles. The Balaban J connectivity index is 1.64. The van der Waals surface area contributed by atoms with Gasteiger partial charge in [0.05, 0.1) is 10.6 Å². The fourth-order valence-corrected chi connectivity index (χ4v) is 4.79. The Morgan fingerprint density at radius 1 is 1.17 bits per heavy atom. The zero-order chi connectivity index (χ0) is 17.3. The summed E-state index contributed by atoms with van der Waals surface area (Å²) in [6.45, 7) is 6.00. The van der Waals surface area contributed by atoms with E-state index in [0.717, 1.165) is 30.8 Å². The monoisotopic (exact) mass is 367 g/mol. The van der Waals surface area contributed by atoms with Gasteiger partial charge in [-0.3, -0.25) is 4.68 Å². The van der Waals surface area contributed by atoms with Crippen molar-refractivity contribution in [1.29, 1.82) is 0 Å². The van der Waals surface area contributed by atoms with Gasteiger partial charge in [0.25, 0.3) is 0 Å². The Hall–Kier alpha value is -1.37. The number of hydrogen-bond donors (Lipinski definition) is 0. The van der Waals surface area contributed by atoms with E-state index in [2.05, 4.69) is 18.1 Å². The number of aromatic nitrogens is 2. The smallest absolute Gasteiger partial charge is 0.243 e. The minimum absolute atomic E-state index is 0.309. The van der Waals surface area contributed by atoms with Crippen LogP contribution in [-0.2, 0) is 16.6 Å². The largest absolute Gasteiger partial charge is 0.269 e. The first-order chi connectivity index (χ1) is 11.4. The number of benzene rings is 1. The number of sulfonamides is 1. The van der Waals surface area contributed by atoms with Crippen molar-refractivity contribution >= 4 is 21.6 Å². The molecule has 3 rings (SSSR count). The van der Waals surface area contributed by atoms with Crippen molar-refractivity contribution in [3.8, 4) is 0 Å². The molecular formula is C17H22ClN3O2S. The number of hydrogen-bond acceptors (Lipinski definition) is 3. The molecule has 0 aliphatic carbocycles. The van der Waals surface area contributed by atoms with E-state index in [4.69, 9.17) is 11.6 Å². The molecule has 1 fully saturated rings. The van der Waals surface area contributed by atoms with Gasteiger partial charge in [-0.15, -0.1) is 0 Å². The van der Waals surface area contributed by atoms with Crippen molar-refractivity contribution in [3.05, 3.63) is 46.7 Å². The average Bonchev–Trinajstić information content (AvgIpc) is 2.86. The number of nitrogens with zero attached hydrogens (tertiary/aromatic N) is 3. The quantitative estimate of drug-likeness (QED) is 0.833. The second-order valence-corrected chi connectivity index (χ2v) is 8.78. The van der Waals surface area contributed by atoms with E-state index < -0.39 is 10.0 Å². The third-order valence-corrected chi connectivity index (χ3v) is 6.72. The molecule has 2 aromatic rings. The lowest BCUT2D eigenvalue weighted by molar-refractivity contribution is 0.246. The molecule has 7 heteroatoms. The zero-order valence-electron chi connectivity index (χ0n) is 13.9. The molecule has 0 spiro atoms. The van der Waals surface area contributed by atoms with Crippen LogP contribution in [0.2, 0.25) is 5.02 Å². The van der Waals surface area contributed by atoms with Gasteiger partial charge in [0.15, 0.2) is 0 Å². The molecule has 1 aromatic carbocycles. The van der Waals surface area contributed by atoms with Gasteiger partial charge in [-0.1, -0.05) is 11.6 Å². The van der Waals surface area contributed by atoms with Crippen molar-refractivity contribution in [2.45, 2.75) is 38.1 Å². The molecular weight excluding hydrogens is 346 g/mol. The predicted molar refractivity (Wildman–Crippen MR) is 94.6 cm³/mol. The molecule has 0 bridgehead atoms. The van der Waals surface area contributed by atoms with E-state index in [9.17, 15) is 8.42 Å². The lowest BCUT2D eigenvalue weighted by Crippen LogP contribution is -2.39. The third-order valence-electron chi connectivity index (χ3n) is 4.56. The summed E-state index contributed by atoms with van der Waals surface area (Å²) in [5.41, 5.74) is 2.18. The minimum atomic E-state index is -3.43. The summed E-state index contributed by atoms with van der Waals surface area (Å²) in [5.74, 6) is 0.458. The minimum Gasteiger partial charge on any atom is -0.269 e. The second kappa shape index (κ2) is 6.86. The number of rotatable bonds is 4. The molecule has 0 amide bonds. The molecule has 5 nitrogen and oxygen atoms in total. The van der Waals surface area contributed by atoms with Crippen molar-refractivity contribution in [1.82, 2.24) is 14.1 Å². The van der Waals surface area contributed by atoms with Gasteiger partial charge in [-0.25, -0.2) is 8.42 Å². The van der Waals surface area contributed by atoms with E-state index >= 15 is 0 Å². The fourth-order valence-electron chi connectivity index (χ4n) is 3.19. The van der Waals surface area contributed by atoms with E-state index in [1.165, 1.54) is 0 Å². The summed E-state index contributed by atoms with van der Waals surface area (Å²) >= 11 is 5.84. The van der Waals surface area contributed by atoms with Crippen molar-refractivity contribution in [3.63, 3.8) is 0 Å². The Morgan fingerprint density at radius 2 is 1.79 bits per heavy atom. The maximum atomic E-state index is 12.7. The van der Waals surface area contributed by atoms with Crippen LogP contribution in [0.5, 0.6) is 0 Å². The summed E-state index contributed by atoms with van der Waals surface area (Å²) in [6, 6.07) is 8.44. The van der Waals surface area contributed by atoms with Crippen molar-refractivity contribution in [2.24, 2.45) is 5.92 Å². The van der Waals surface area contributed by atoms with Crippen LogP contribution in [0.1, 0.15) is 24.2 Å². The van der Waals surface area contributed by atoms with Crippen LogP contribution in [0.25, 0.3) is 0 Å². The molecule has 1 aliphatic heterocycles. The molecule has 1 aromatic heterocycles. The molecule has 0 unspecified atom stereocenters. The van der Waals surface area contributed by atoms with Crippen LogP contribution in [0.15, 0.2) is 35.2 Å². The highest BCUT2D eigenvalue weighted by Gasteiger charge is 2.29. The normalized spacial score (nSPS) is 17.3. The van der Waals surface area contributed by atoms with E-state index in [1.54, 1.807) is 28.6 Å². The van der Waals surface area contributed by atoms with E-state index in [1.807, 2.05) is 11.6 Å². The zero-order valence-corrected chi connectivity index (χ0v) is 15.5. The third kappa shape index (κ3) is 3.66. The van der Waals surface area contributed by atoms with Gasteiger partial charge >= 0.3 is 0 Å². The van der Waals surface area contributed by atoms with Crippen LogP contribution in [0.4, 0.5) is 0 Å². The van der Waals surface area contributed by atoms with E-state index in [-0.39, 0.29) is 0 Å². The molecule has 130 valence electrons. The molecule has 1 aliphatic rings. The molecule has 24 heavy (non-hydrogen) atoms. The highest BCUT2D eigenvalue weighted by Crippen LogP contribution is 2.25. The Morgan fingerprint density at radius 3 is 2.33 bits per heavy atom. The molecule has 0 N–H and O–H groups in total. The number of piperidine rings is 1. The van der Waals surface area contributed by atoms with Gasteiger partial charge < -0.3 is 0 Å². The first-order valence-electron chi connectivity index (χ1n) is 8.13. The van der Waals surface area contributed by atoms with Crippen LogP contribution < -0.4 is 0 Å². The summed E-state index contributed by atoms with van der Waals surface area (Å²) in [7, 11) is -3.43. The van der Waals surface area contributed by atoms with E-state index in [0.29, 0.717) is 28.9 Å². The SMILES string of the molecule is Cc1cc(C)n(CC2CCN(S(=O)(=O)c3ccc(Cl)cc3)CC2)n1. The van der Waals surface area contributed by atoms with Crippen LogP contribution >= 0.6 is 11.6 Å². The first-order valence-corrected chi connectivity index (χ1v) is 9.95. The Labute approximate surface area is 148 Å². The lowest BCUT2D eigenvalue weighted by atomic mass is 9.98. The van der Waals surface area contributed by atoms with Crippen molar-refractivity contribution in [2.75, 3.05) is 13.1 Å². The van der Waals surface area contributed by atoms with Gasteiger partial charge in [0, 0.05) is 30.4 Å². The second-order valence-electron chi connectivity index (χ2n) is 6.41. The maximum absolute atomic E-state index is 12.7. The van der Waals surface area contributed by atoms with Crippen molar-refractivity contribution < 1.29 is 8.42 Å². The fraction of sp³-hybridized carbons (Fsp3) is 0.471. The highest BCUT2D eigenvalue weighted by molar-refractivity contribution is 7.89. The number of aryl methyl sites for hydroxylation is 2. The highest BCUT2D eigenvalue weighted by atomic mass is 35.5. The summed E-state index contributed by atoms with van der Waals surface area (Å²) < 4.78 is 29.0. The number of halogens is 1. The maximum Gasteiger partial charge on any atom is 0.243 e. The summed E-state index contributed by atoms with van der Waals surface area (Å²) in [6.07, 6.45) is 1.70. The Kier molecular flexibility index (Phi) is 4.99. The predicted octanol–water partition coefficient (Wildman–Crippen LogP) is 3.25. The first kappa shape index (κ1) is 17.5. The average molecular weight is 368 g/mol. The Bertz CT molecular complexity index is 807. The molecule has 2 heterocycles. The van der Waals surface area contributed by atoms with Gasteiger partial charge in [0.2, 0.25) is 10.0 Å².